The summed E-state index contributed by atoms with van der Waals surface area (Å²) in [6.45, 7) is 9.40. The van der Waals surface area contributed by atoms with Crippen LogP contribution in [0.3, 0.4) is 0 Å². The van der Waals surface area contributed by atoms with E-state index in [0.29, 0.717) is 18.1 Å². The second kappa shape index (κ2) is 10.7. The number of rotatable bonds is 9. The lowest BCUT2D eigenvalue weighted by Gasteiger charge is -2.21. The van der Waals surface area contributed by atoms with E-state index in [2.05, 4.69) is 10.3 Å². The van der Waals surface area contributed by atoms with E-state index in [4.69, 9.17) is 23.4 Å². The van der Waals surface area contributed by atoms with E-state index in [0.717, 1.165) is 19.2 Å². The molecule has 9 nitrogen and oxygen atoms in total. The van der Waals surface area contributed by atoms with Gasteiger partial charge in [-0.1, -0.05) is 19.4 Å². The first kappa shape index (κ1) is 24.0. The lowest BCUT2D eigenvalue weighted by atomic mass is 10.2. The fourth-order valence-electron chi connectivity index (χ4n) is 2.61. The minimum atomic E-state index is -0.754. The quantitative estimate of drug-likeness (QED) is 0.345. The van der Waals surface area contributed by atoms with E-state index < -0.39 is 23.7 Å². The number of ether oxygens (including phenoxy) is 4. The van der Waals surface area contributed by atoms with Crippen molar-refractivity contribution in [3.63, 3.8) is 0 Å². The Bertz CT molecular complexity index is 886. The van der Waals surface area contributed by atoms with E-state index >= 15 is 0 Å². The second-order valence-corrected chi connectivity index (χ2v) is 7.81. The van der Waals surface area contributed by atoms with Crippen LogP contribution in [0.4, 0.5) is 4.79 Å². The van der Waals surface area contributed by atoms with Gasteiger partial charge in [-0.25, -0.2) is 14.6 Å². The van der Waals surface area contributed by atoms with Crippen LogP contribution in [0.1, 0.15) is 69.8 Å². The van der Waals surface area contributed by atoms with Crippen molar-refractivity contribution in [1.82, 2.24) is 10.3 Å². The van der Waals surface area contributed by atoms with Crippen LogP contribution in [0.25, 0.3) is 0 Å². The standard InChI is InChI=1S/C22H30N2O7/c1-7-8-12-28-19-15(27-6)10-9-11-16(19)30-20(25)17-18(29-13-23-17)14(2)24-21(26)31-22(3,4)5/h9-11,13-14H,7-8,12H2,1-6H3,(H,24,26)/t14-/m0/s1. The Morgan fingerprint density at radius 3 is 2.58 bits per heavy atom. The van der Waals surface area contributed by atoms with Gasteiger partial charge in [-0.3, -0.25) is 0 Å². The number of aromatic nitrogens is 1. The molecular formula is C22H30N2O7. The molecule has 0 aliphatic carbocycles. The number of alkyl carbamates (subject to hydrolysis) is 1. The van der Waals surface area contributed by atoms with Crippen LogP contribution in [0.15, 0.2) is 29.0 Å². The van der Waals surface area contributed by atoms with Crippen molar-refractivity contribution in [2.75, 3.05) is 13.7 Å². The van der Waals surface area contributed by atoms with Gasteiger partial charge in [0.2, 0.25) is 5.75 Å². The summed E-state index contributed by atoms with van der Waals surface area (Å²) in [4.78, 5) is 28.8. The summed E-state index contributed by atoms with van der Waals surface area (Å²) >= 11 is 0. The number of hydrogen-bond acceptors (Lipinski definition) is 8. The Hall–Kier alpha value is -3.23. The molecular weight excluding hydrogens is 404 g/mol. The molecule has 1 heterocycles. The molecule has 0 bridgehead atoms. The molecule has 2 rings (SSSR count). The number of unbranched alkanes of at least 4 members (excludes halogenated alkanes) is 1. The van der Waals surface area contributed by atoms with Gasteiger partial charge in [0, 0.05) is 0 Å². The fourth-order valence-corrected chi connectivity index (χ4v) is 2.61. The van der Waals surface area contributed by atoms with Gasteiger partial charge >= 0.3 is 12.1 Å². The van der Waals surface area contributed by atoms with Crippen LogP contribution >= 0.6 is 0 Å². The number of esters is 1. The Kier molecular flexibility index (Phi) is 8.30. The fraction of sp³-hybridized carbons (Fsp3) is 0.500. The van der Waals surface area contributed by atoms with Gasteiger partial charge in [0.25, 0.3) is 0 Å². The molecule has 1 amide bonds. The molecule has 1 N–H and O–H groups in total. The zero-order valence-electron chi connectivity index (χ0n) is 18.8. The maximum Gasteiger partial charge on any atom is 0.408 e. The van der Waals surface area contributed by atoms with Gasteiger partial charge in [0.05, 0.1) is 19.8 Å². The van der Waals surface area contributed by atoms with Crippen LogP contribution in [-0.2, 0) is 4.74 Å². The predicted molar refractivity (Wildman–Crippen MR) is 113 cm³/mol. The van der Waals surface area contributed by atoms with Crippen molar-refractivity contribution in [2.24, 2.45) is 0 Å². The number of para-hydroxylation sites is 1. The molecule has 1 atom stereocenters. The number of amides is 1. The Morgan fingerprint density at radius 2 is 1.94 bits per heavy atom. The average molecular weight is 434 g/mol. The van der Waals surface area contributed by atoms with Gasteiger partial charge in [0.15, 0.2) is 29.3 Å². The zero-order chi connectivity index (χ0) is 23.0. The highest BCUT2D eigenvalue weighted by Gasteiger charge is 2.27. The van der Waals surface area contributed by atoms with Crippen molar-refractivity contribution < 1.29 is 33.0 Å². The Balaban J connectivity index is 2.17. The number of benzene rings is 1. The summed E-state index contributed by atoms with van der Waals surface area (Å²) in [6.07, 6.45) is 2.26. The maximum atomic E-state index is 12.8. The number of methoxy groups -OCH3 is 1. The van der Waals surface area contributed by atoms with Gasteiger partial charge in [0.1, 0.15) is 5.60 Å². The number of nitrogens with one attached hydrogen (secondary N) is 1. The number of oxazole rings is 1. The van der Waals surface area contributed by atoms with Gasteiger partial charge < -0.3 is 28.7 Å². The SMILES string of the molecule is CCCCOc1c(OC)cccc1OC(=O)c1ncoc1[C@H](C)NC(=O)OC(C)(C)C. The predicted octanol–water partition coefficient (Wildman–Crippen LogP) is 4.67. The van der Waals surface area contributed by atoms with Crippen molar-refractivity contribution in [3.05, 3.63) is 36.0 Å². The lowest BCUT2D eigenvalue weighted by molar-refractivity contribution is 0.0499. The smallest absolute Gasteiger partial charge is 0.408 e. The van der Waals surface area contributed by atoms with E-state index in [9.17, 15) is 9.59 Å². The molecule has 1 aromatic heterocycles. The van der Waals surface area contributed by atoms with E-state index in [1.54, 1.807) is 45.9 Å². The highest BCUT2D eigenvalue weighted by atomic mass is 16.6. The summed E-state index contributed by atoms with van der Waals surface area (Å²) in [5.41, 5.74) is -0.723. The lowest BCUT2D eigenvalue weighted by Crippen LogP contribution is -2.34. The van der Waals surface area contributed by atoms with Crippen LogP contribution < -0.4 is 19.5 Å². The van der Waals surface area contributed by atoms with Gasteiger partial charge in [-0.05, 0) is 46.2 Å². The van der Waals surface area contributed by atoms with E-state index in [-0.39, 0.29) is 17.2 Å². The minimum Gasteiger partial charge on any atom is -0.493 e. The molecule has 2 aromatic rings. The highest BCUT2D eigenvalue weighted by molar-refractivity contribution is 5.90. The molecule has 9 heteroatoms. The van der Waals surface area contributed by atoms with Gasteiger partial charge in [-0.2, -0.15) is 0 Å². The van der Waals surface area contributed by atoms with Crippen molar-refractivity contribution >= 4 is 12.1 Å². The van der Waals surface area contributed by atoms with E-state index in [1.807, 2.05) is 6.92 Å². The minimum absolute atomic E-state index is 0.0640. The largest absolute Gasteiger partial charge is 0.493 e. The van der Waals surface area contributed by atoms with E-state index in [1.165, 1.54) is 7.11 Å². The number of carbonyl (C=O) groups is 2. The first-order chi connectivity index (χ1) is 14.7. The zero-order valence-corrected chi connectivity index (χ0v) is 18.8. The Morgan fingerprint density at radius 1 is 1.23 bits per heavy atom. The molecule has 0 aliphatic heterocycles. The number of nitrogens with zero attached hydrogens (tertiary/aromatic N) is 1. The topological polar surface area (TPSA) is 109 Å². The third-order valence-corrected chi connectivity index (χ3v) is 4.02. The molecule has 0 aliphatic rings. The maximum absolute atomic E-state index is 12.8. The van der Waals surface area contributed by atoms with Crippen molar-refractivity contribution in [2.45, 2.75) is 59.1 Å². The first-order valence-electron chi connectivity index (χ1n) is 10.1. The normalized spacial score (nSPS) is 12.1. The molecule has 0 spiro atoms. The molecule has 0 radical (unpaired) electrons. The molecule has 0 saturated heterocycles. The summed E-state index contributed by atoms with van der Waals surface area (Å²) in [7, 11) is 1.51. The Labute approximate surface area is 182 Å². The second-order valence-electron chi connectivity index (χ2n) is 7.81. The summed E-state index contributed by atoms with van der Waals surface area (Å²) in [5, 5.41) is 2.61. The first-order valence-corrected chi connectivity index (χ1v) is 10.1. The van der Waals surface area contributed by atoms with Crippen molar-refractivity contribution in [3.8, 4) is 17.2 Å². The third kappa shape index (κ3) is 6.91. The molecule has 1 aromatic carbocycles. The molecule has 0 fully saturated rings. The van der Waals surface area contributed by atoms with Crippen LogP contribution in [0.2, 0.25) is 0 Å². The van der Waals surface area contributed by atoms with Crippen LogP contribution in [-0.4, -0.2) is 36.4 Å². The molecule has 170 valence electrons. The average Bonchev–Trinajstić information content (AvgIpc) is 3.17. The third-order valence-electron chi connectivity index (χ3n) is 4.02. The molecule has 0 unspecified atom stereocenters. The summed E-state index contributed by atoms with van der Waals surface area (Å²) < 4.78 is 27.2. The van der Waals surface area contributed by atoms with Crippen LogP contribution in [0, 0.1) is 0 Å². The van der Waals surface area contributed by atoms with Crippen LogP contribution in [0.5, 0.6) is 17.2 Å². The van der Waals surface area contributed by atoms with Crippen molar-refractivity contribution in [1.29, 1.82) is 0 Å². The molecule has 31 heavy (non-hydrogen) atoms. The van der Waals surface area contributed by atoms with Gasteiger partial charge in [-0.15, -0.1) is 0 Å². The summed E-state index contributed by atoms with van der Waals surface area (Å²) in [5.74, 6) is 0.364. The number of hydrogen-bond donors (Lipinski definition) is 1. The monoisotopic (exact) mass is 434 g/mol. The molecule has 0 saturated carbocycles. The number of carbonyl (C=O) groups excluding carboxylic acids is 2. The summed E-state index contributed by atoms with van der Waals surface area (Å²) in [6, 6.07) is 4.33. The highest BCUT2D eigenvalue weighted by Crippen LogP contribution is 2.37.